The molecule has 1 aromatic heterocycles. The Morgan fingerprint density at radius 1 is 0.960 bits per heavy atom. The minimum absolute atomic E-state index is 0.823. The predicted octanol–water partition coefficient (Wildman–Crippen LogP) is 6.88. The van der Waals surface area contributed by atoms with Gasteiger partial charge < -0.3 is 4.57 Å². The zero-order valence-corrected chi connectivity index (χ0v) is 16.3. The van der Waals surface area contributed by atoms with Crippen molar-refractivity contribution < 1.29 is 0 Å². The van der Waals surface area contributed by atoms with Gasteiger partial charge in [0.05, 0.1) is 0 Å². The molecule has 1 atom stereocenters. The fourth-order valence-corrected chi connectivity index (χ4v) is 4.49. The first kappa shape index (κ1) is 18.3. The van der Waals surface area contributed by atoms with Crippen molar-refractivity contribution in [3.05, 3.63) is 58.9 Å². The number of hydrogen-bond acceptors (Lipinski definition) is 0. The van der Waals surface area contributed by atoms with E-state index in [0.717, 1.165) is 12.5 Å². The maximum Gasteiger partial charge on any atom is 0.0475 e. The molecule has 0 amide bonds. The first-order chi connectivity index (χ1) is 12.3. The number of unbranched alkanes of at least 4 members (excludes halogenated alkanes) is 4. The van der Waals surface area contributed by atoms with Gasteiger partial charge in [-0.1, -0.05) is 82.7 Å². The molecular formula is C24H35N. The standard InChI is InChI=1S/C24H35N/c1-3-5-6-7-11-15-21-16-17-24-23(21)18-22(12-4-2)25(24)19-20-13-9-8-10-14-20/h8-10,13-14,18,21H,3-7,11-12,15-17,19H2,1-2H3. The Balaban J connectivity index is 1.71. The third kappa shape index (κ3) is 4.57. The van der Waals surface area contributed by atoms with E-state index >= 15 is 0 Å². The maximum atomic E-state index is 2.64. The molecule has 25 heavy (non-hydrogen) atoms. The summed E-state index contributed by atoms with van der Waals surface area (Å²) >= 11 is 0. The summed E-state index contributed by atoms with van der Waals surface area (Å²) in [5, 5.41) is 0. The second-order valence-corrected chi connectivity index (χ2v) is 7.80. The Morgan fingerprint density at radius 3 is 2.52 bits per heavy atom. The molecule has 1 aliphatic rings. The summed E-state index contributed by atoms with van der Waals surface area (Å²) in [7, 11) is 0. The largest absolute Gasteiger partial charge is 0.344 e. The number of hydrogen-bond donors (Lipinski definition) is 0. The number of aryl methyl sites for hydroxylation is 1. The molecular weight excluding hydrogens is 302 g/mol. The molecule has 0 aliphatic heterocycles. The molecule has 0 saturated carbocycles. The Bertz CT molecular complexity index is 638. The van der Waals surface area contributed by atoms with Crippen molar-refractivity contribution in [2.24, 2.45) is 0 Å². The summed E-state index contributed by atoms with van der Waals surface area (Å²) in [5.41, 5.74) is 6.33. The van der Waals surface area contributed by atoms with E-state index < -0.39 is 0 Å². The van der Waals surface area contributed by atoms with Gasteiger partial charge in [0, 0.05) is 17.9 Å². The fraction of sp³-hybridized carbons (Fsp3) is 0.583. The molecule has 0 radical (unpaired) electrons. The Morgan fingerprint density at radius 2 is 1.76 bits per heavy atom. The van der Waals surface area contributed by atoms with Crippen LogP contribution in [0.15, 0.2) is 36.4 Å². The average molecular weight is 338 g/mol. The Kier molecular flexibility index (Phi) is 6.78. The van der Waals surface area contributed by atoms with Crippen LogP contribution in [0, 0.1) is 0 Å². The van der Waals surface area contributed by atoms with Crippen LogP contribution >= 0.6 is 0 Å². The molecule has 0 bridgehead atoms. The van der Waals surface area contributed by atoms with Gasteiger partial charge in [-0.15, -0.1) is 0 Å². The molecule has 0 N–H and O–H groups in total. The van der Waals surface area contributed by atoms with Gasteiger partial charge in [-0.25, -0.2) is 0 Å². The van der Waals surface area contributed by atoms with Crippen molar-refractivity contribution in [3.8, 4) is 0 Å². The lowest BCUT2D eigenvalue weighted by molar-refractivity contribution is 0.540. The molecule has 3 rings (SSSR count). The normalized spacial score (nSPS) is 16.3. The quantitative estimate of drug-likeness (QED) is 0.416. The minimum atomic E-state index is 0.823. The van der Waals surface area contributed by atoms with Crippen LogP contribution in [0.5, 0.6) is 0 Å². The van der Waals surface area contributed by atoms with E-state index in [2.05, 4.69) is 54.8 Å². The summed E-state index contributed by atoms with van der Waals surface area (Å²) < 4.78 is 2.64. The lowest BCUT2D eigenvalue weighted by Crippen LogP contribution is -2.07. The van der Waals surface area contributed by atoms with E-state index in [1.54, 1.807) is 17.0 Å². The van der Waals surface area contributed by atoms with E-state index in [1.165, 1.54) is 69.8 Å². The van der Waals surface area contributed by atoms with Gasteiger partial charge in [0.2, 0.25) is 0 Å². The molecule has 0 spiro atoms. The van der Waals surface area contributed by atoms with E-state index in [0.29, 0.717) is 0 Å². The van der Waals surface area contributed by atoms with E-state index in [-0.39, 0.29) is 0 Å². The third-order valence-corrected chi connectivity index (χ3v) is 5.84. The predicted molar refractivity (Wildman–Crippen MR) is 108 cm³/mol. The Labute approximate surface area is 154 Å². The van der Waals surface area contributed by atoms with E-state index in [4.69, 9.17) is 0 Å². The second kappa shape index (κ2) is 9.27. The first-order valence-electron chi connectivity index (χ1n) is 10.6. The zero-order chi connectivity index (χ0) is 17.5. The number of benzene rings is 1. The monoisotopic (exact) mass is 337 g/mol. The second-order valence-electron chi connectivity index (χ2n) is 7.80. The van der Waals surface area contributed by atoms with Crippen LogP contribution in [-0.2, 0) is 19.4 Å². The summed E-state index contributed by atoms with van der Waals surface area (Å²) in [6.07, 6.45) is 13.5. The molecule has 0 fully saturated rings. The van der Waals surface area contributed by atoms with Crippen molar-refractivity contribution >= 4 is 0 Å². The summed E-state index contributed by atoms with van der Waals surface area (Å²) in [6, 6.07) is 13.5. The average Bonchev–Trinajstić information content (AvgIpc) is 3.17. The van der Waals surface area contributed by atoms with Crippen LogP contribution in [-0.4, -0.2) is 4.57 Å². The molecule has 1 heterocycles. The molecule has 1 heteroatoms. The molecule has 0 saturated heterocycles. The van der Waals surface area contributed by atoms with Crippen molar-refractivity contribution in [1.29, 1.82) is 0 Å². The zero-order valence-electron chi connectivity index (χ0n) is 16.3. The highest BCUT2D eigenvalue weighted by Gasteiger charge is 2.27. The highest BCUT2D eigenvalue weighted by atomic mass is 15.0. The highest BCUT2D eigenvalue weighted by molar-refractivity contribution is 5.37. The summed E-state index contributed by atoms with van der Waals surface area (Å²) in [4.78, 5) is 0. The summed E-state index contributed by atoms with van der Waals surface area (Å²) in [6.45, 7) is 5.65. The molecule has 2 aromatic rings. The number of fused-ring (bicyclic) bond motifs is 1. The molecule has 1 unspecified atom stereocenters. The number of rotatable bonds is 10. The maximum absolute atomic E-state index is 2.64. The fourth-order valence-electron chi connectivity index (χ4n) is 4.49. The van der Waals surface area contributed by atoms with Crippen LogP contribution in [0.1, 0.15) is 93.6 Å². The van der Waals surface area contributed by atoms with Gasteiger partial charge in [0.1, 0.15) is 0 Å². The molecule has 1 nitrogen and oxygen atoms in total. The minimum Gasteiger partial charge on any atom is -0.344 e. The van der Waals surface area contributed by atoms with E-state index in [1.807, 2.05) is 0 Å². The molecule has 136 valence electrons. The number of nitrogens with zero attached hydrogens (tertiary/aromatic N) is 1. The van der Waals surface area contributed by atoms with E-state index in [9.17, 15) is 0 Å². The third-order valence-electron chi connectivity index (χ3n) is 5.84. The summed E-state index contributed by atoms with van der Waals surface area (Å²) in [5.74, 6) is 0.823. The van der Waals surface area contributed by atoms with Crippen LogP contribution in [0.4, 0.5) is 0 Å². The van der Waals surface area contributed by atoms with Gasteiger partial charge in [-0.05, 0) is 48.8 Å². The number of aromatic nitrogens is 1. The SMILES string of the molecule is CCCCCCCC1CCc2c1cc(CCC)n2Cc1ccccc1. The van der Waals surface area contributed by atoms with Crippen LogP contribution < -0.4 is 0 Å². The topological polar surface area (TPSA) is 4.93 Å². The van der Waals surface area contributed by atoms with Gasteiger partial charge in [0.15, 0.2) is 0 Å². The highest BCUT2D eigenvalue weighted by Crippen LogP contribution is 2.39. The molecule has 1 aliphatic carbocycles. The van der Waals surface area contributed by atoms with Crippen LogP contribution in [0.2, 0.25) is 0 Å². The van der Waals surface area contributed by atoms with Crippen LogP contribution in [0.3, 0.4) is 0 Å². The van der Waals surface area contributed by atoms with Gasteiger partial charge in [0.25, 0.3) is 0 Å². The first-order valence-corrected chi connectivity index (χ1v) is 10.6. The Hall–Kier alpha value is -1.50. The molecule has 1 aromatic carbocycles. The lowest BCUT2D eigenvalue weighted by atomic mass is 9.95. The van der Waals surface area contributed by atoms with Gasteiger partial charge >= 0.3 is 0 Å². The van der Waals surface area contributed by atoms with Crippen molar-refractivity contribution in [3.63, 3.8) is 0 Å². The van der Waals surface area contributed by atoms with Gasteiger partial charge in [-0.2, -0.15) is 0 Å². The van der Waals surface area contributed by atoms with Gasteiger partial charge in [-0.3, -0.25) is 0 Å². The van der Waals surface area contributed by atoms with Crippen LogP contribution in [0.25, 0.3) is 0 Å². The lowest BCUT2D eigenvalue weighted by Gasteiger charge is -2.12. The van der Waals surface area contributed by atoms with Crippen molar-refractivity contribution in [1.82, 2.24) is 4.57 Å². The smallest absolute Gasteiger partial charge is 0.0475 e. The van der Waals surface area contributed by atoms with Crippen molar-refractivity contribution in [2.75, 3.05) is 0 Å². The van der Waals surface area contributed by atoms with Crippen molar-refractivity contribution in [2.45, 2.75) is 90.5 Å².